The normalized spacial score (nSPS) is 20.5. The van der Waals surface area contributed by atoms with Crippen molar-refractivity contribution in [2.24, 2.45) is 0 Å². The molecule has 1 aromatic carbocycles. The van der Waals surface area contributed by atoms with Crippen LogP contribution in [0.15, 0.2) is 24.3 Å². The van der Waals surface area contributed by atoms with Crippen LogP contribution in [0.1, 0.15) is 39.2 Å². The maximum Gasteiger partial charge on any atom is 0.270 e. The molecule has 24 heavy (non-hydrogen) atoms. The Morgan fingerprint density at radius 3 is 2.75 bits per heavy atom. The molecule has 1 aliphatic rings. The van der Waals surface area contributed by atoms with E-state index in [1.54, 1.807) is 12.1 Å². The van der Waals surface area contributed by atoms with Crippen LogP contribution in [0.25, 0.3) is 0 Å². The largest absolute Gasteiger partial charge is 0.622 e. The number of hydroxylamine groups is 1. The van der Waals surface area contributed by atoms with Crippen molar-refractivity contribution in [2.75, 3.05) is 6.54 Å². The van der Waals surface area contributed by atoms with Crippen LogP contribution < -0.4 is 0 Å². The highest BCUT2D eigenvalue weighted by atomic mass is 32.2. The van der Waals surface area contributed by atoms with Gasteiger partial charge in [0, 0.05) is 24.2 Å². The first-order valence-electron chi connectivity index (χ1n) is 7.80. The average molecular weight is 367 g/mol. The molecule has 1 aromatic rings. The minimum absolute atomic E-state index is 0.0319. The van der Waals surface area contributed by atoms with Crippen molar-refractivity contribution in [2.45, 2.75) is 44.5 Å². The zero-order valence-corrected chi connectivity index (χ0v) is 15.6. The number of rotatable bonds is 6. The van der Waals surface area contributed by atoms with E-state index in [2.05, 4.69) is 6.92 Å². The van der Waals surface area contributed by atoms with E-state index in [9.17, 15) is 15.3 Å². The van der Waals surface area contributed by atoms with Gasteiger partial charge in [-0.25, -0.2) is 0 Å². The lowest BCUT2D eigenvalue weighted by molar-refractivity contribution is -0.523. The molecule has 0 radical (unpaired) electrons. The van der Waals surface area contributed by atoms with Gasteiger partial charge in [-0.3, -0.25) is 15.0 Å². The van der Waals surface area contributed by atoms with Gasteiger partial charge in [-0.05, 0) is 26.3 Å². The van der Waals surface area contributed by atoms with Crippen molar-refractivity contribution < 1.29 is 9.66 Å². The van der Waals surface area contributed by atoms with E-state index >= 15 is 0 Å². The SMILES string of the molecule is CCCCN1C(=S)SC(C)(C)[C@@H]1/[N+]([O-])=C/c1cccc([N+](=O)[O-])c1. The van der Waals surface area contributed by atoms with E-state index < -0.39 is 11.1 Å². The first-order chi connectivity index (χ1) is 11.3. The number of unbranched alkanes of at least 4 members (excludes halogenated alkanes) is 1. The fourth-order valence-electron chi connectivity index (χ4n) is 2.73. The van der Waals surface area contributed by atoms with Crippen LogP contribution in [0, 0.1) is 15.3 Å². The predicted octanol–water partition coefficient (Wildman–Crippen LogP) is 3.76. The van der Waals surface area contributed by atoms with E-state index in [0.717, 1.165) is 28.4 Å². The number of benzene rings is 1. The van der Waals surface area contributed by atoms with Gasteiger partial charge in [0.2, 0.25) is 0 Å². The molecule has 0 saturated carbocycles. The summed E-state index contributed by atoms with van der Waals surface area (Å²) in [7, 11) is 0. The second-order valence-electron chi connectivity index (χ2n) is 6.23. The van der Waals surface area contributed by atoms with Crippen molar-refractivity contribution in [3.63, 3.8) is 0 Å². The molecule has 1 heterocycles. The molecule has 0 amide bonds. The second kappa shape index (κ2) is 7.48. The first kappa shape index (κ1) is 18.7. The van der Waals surface area contributed by atoms with E-state index in [-0.39, 0.29) is 10.4 Å². The molecule has 8 heteroatoms. The van der Waals surface area contributed by atoms with Crippen LogP contribution in [-0.4, -0.2) is 42.6 Å². The number of thiocarbonyl (C=S) groups is 1. The van der Waals surface area contributed by atoms with Crippen molar-refractivity contribution in [1.29, 1.82) is 0 Å². The third-order valence-corrected chi connectivity index (χ3v) is 5.48. The van der Waals surface area contributed by atoms with Gasteiger partial charge in [0.1, 0.15) is 9.07 Å². The molecule has 1 atom stereocenters. The molecule has 0 unspecified atom stereocenters. The third-order valence-electron chi connectivity index (χ3n) is 3.85. The molecular weight excluding hydrogens is 346 g/mol. The topological polar surface area (TPSA) is 72.5 Å². The van der Waals surface area contributed by atoms with Gasteiger partial charge in [0.15, 0.2) is 6.21 Å². The van der Waals surface area contributed by atoms with E-state index in [4.69, 9.17) is 12.2 Å². The van der Waals surface area contributed by atoms with Crippen molar-refractivity contribution in [1.82, 2.24) is 4.90 Å². The highest BCUT2D eigenvalue weighted by Gasteiger charge is 2.50. The van der Waals surface area contributed by atoms with Crippen molar-refractivity contribution >= 4 is 40.2 Å². The zero-order chi connectivity index (χ0) is 17.9. The molecule has 0 bridgehead atoms. The summed E-state index contributed by atoms with van der Waals surface area (Å²) in [5.74, 6) is 0. The van der Waals surface area contributed by atoms with Gasteiger partial charge >= 0.3 is 0 Å². The van der Waals surface area contributed by atoms with E-state index in [1.165, 1.54) is 30.1 Å². The molecule has 1 fully saturated rings. The lowest BCUT2D eigenvalue weighted by atomic mass is 10.1. The van der Waals surface area contributed by atoms with Crippen molar-refractivity contribution in [3.8, 4) is 0 Å². The molecule has 6 nitrogen and oxygen atoms in total. The maximum absolute atomic E-state index is 12.8. The Balaban J connectivity index is 2.33. The summed E-state index contributed by atoms with van der Waals surface area (Å²) < 4.78 is 1.25. The number of thioether (sulfide) groups is 1. The lowest BCUT2D eigenvalue weighted by Crippen LogP contribution is -2.48. The molecule has 1 aliphatic heterocycles. The highest BCUT2D eigenvalue weighted by molar-refractivity contribution is 8.24. The fraction of sp³-hybridized carbons (Fsp3) is 0.500. The Morgan fingerprint density at radius 2 is 2.12 bits per heavy atom. The molecule has 130 valence electrons. The predicted molar refractivity (Wildman–Crippen MR) is 102 cm³/mol. The Labute approximate surface area is 151 Å². The molecule has 0 N–H and O–H groups in total. The summed E-state index contributed by atoms with van der Waals surface area (Å²) in [5, 5.41) is 23.7. The average Bonchev–Trinajstić information content (AvgIpc) is 2.73. The van der Waals surface area contributed by atoms with Gasteiger partial charge in [0.25, 0.3) is 11.9 Å². The first-order valence-corrected chi connectivity index (χ1v) is 9.03. The smallest absolute Gasteiger partial charge is 0.270 e. The van der Waals surface area contributed by atoms with E-state index in [1.807, 2.05) is 18.7 Å². The molecular formula is C16H21N3O3S2. The van der Waals surface area contributed by atoms with Gasteiger partial charge in [-0.2, -0.15) is 4.74 Å². The molecule has 1 saturated heterocycles. The number of hydrogen-bond donors (Lipinski definition) is 0. The van der Waals surface area contributed by atoms with Crippen LogP contribution >= 0.6 is 24.0 Å². The van der Waals surface area contributed by atoms with Crippen LogP contribution in [0.4, 0.5) is 5.69 Å². The van der Waals surface area contributed by atoms with Crippen LogP contribution in [0.2, 0.25) is 0 Å². The Bertz CT molecular complexity index is 676. The number of hydrogen-bond acceptors (Lipinski definition) is 5. The number of non-ortho nitro benzene ring substituents is 1. The van der Waals surface area contributed by atoms with Crippen molar-refractivity contribution in [3.05, 3.63) is 45.2 Å². The highest BCUT2D eigenvalue weighted by Crippen LogP contribution is 2.41. The monoisotopic (exact) mass is 367 g/mol. The van der Waals surface area contributed by atoms with E-state index in [0.29, 0.717) is 5.56 Å². The number of nitrogens with zero attached hydrogens (tertiary/aromatic N) is 3. The van der Waals surface area contributed by atoms with Gasteiger partial charge in [0.05, 0.1) is 4.92 Å². The minimum atomic E-state index is -0.468. The second-order valence-corrected chi connectivity index (χ2v) is 8.52. The summed E-state index contributed by atoms with van der Waals surface area (Å²) in [6, 6.07) is 6.06. The maximum atomic E-state index is 12.8. The van der Waals surface area contributed by atoms with Gasteiger partial charge < -0.3 is 5.21 Å². The summed E-state index contributed by atoms with van der Waals surface area (Å²) in [4.78, 5) is 12.4. The summed E-state index contributed by atoms with van der Waals surface area (Å²) in [6.07, 6.45) is 2.95. The summed E-state index contributed by atoms with van der Waals surface area (Å²) in [6.45, 7) is 6.81. The summed E-state index contributed by atoms with van der Waals surface area (Å²) in [5.41, 5.74) is 0.476. The quantitative estimate of drug-likeness (QED) is 0.190. The summed E-state index contributed by atoms with van der Waals surface area (Å²) >= 11 is 6.96. The minimum Gasteiger partial charge on any atom is -0.622 e. The third kappa shape index (κ3) is 4.05. The van der Waals surface area contributed by atoms with Gasteiger partial charge in [-0.15, -0.1) is 0 Å². The Morgan fingerprint density at radius 1 is 1.42 bits per heavy atom. The Kier molecular flexibility index (Phi) is 5.82. The lowest BCUT2D eigenvalue weighted by Gasteiger charge is -2.29. The zero-order valence-electron chi connectivity index (χ0n) is 14.0. The molecule has 2 rings (SSSR count). The van der Waals surface area contributed by atoms with Crippen LogP contribution in [0.5, 0.6) is 0 Å². The standard InChI is InChI=1S/C16H21N3O3S2/c1-4-5-9-17-14(16(2,3)24-15(17)23)18(20)11-12-7-6-8-13(10-12)19(21)22/h6-8,10-11,14H,4-5,9H2,1-3H3/b18-11-/t14-/m0/s1. The van der Waals surface area contributed by atoms with Crippen LogP contribution in [-0.2, 0) is 0 Å². The van der Waals surface area contributed by atoms with Gasteiger partial charge in [-0.1, -0.05) is 43.4 Å². The molecule has 0 aliphatic carbocycles. The fourth-order valence-corrected chi connectivity index (χ4v) is 4.66. The molecule has 0 spiro atoms. The number of nitro groups is 1. The molecule has 0 aromatic heterocycles. The number of nitro benzene ring substituents is 1. The van der Waals surface area contributed by atoms with Crippen LogP contribution in [0.3, 0.4) is 0 Å². The Hall–Kier alpha value is -1.67.